The van der Waals surface area contributed by atoms with Gasteiger partial charge in [-0.05, 0) is 55.0 Å². The lowest BCUT2D eigenvalue weighted by atomic mass is 10.1. The number of benzene rings is 2. The van der Waals surface area contributed by atoms with Gasteiger partial charge in [0.2, 0.25) is 5.91 Å². The molecule has 1 N–H and O–H groups in total. The minimum atomic E-state index is -0.00943. The van der Waals surface area contributed by atoms with Crippen molar-refractivity contribution in [1.29, 1.82) is 0 Å². The van der Waals surface area contributed by atoms with Crippen LogP contribution >= 0.6 is 11.8 Å². The molecule has 0 fully saturated rings. The summed E-state index contributed by atoms with van der Waals surface area (Å²) in [4.78, 5) is 24.5. The zero-order chi connectivity index (χ0) is 22.9. The number of carbonyl (C=O) groups excluding carboxylic acids is 2. The number of thioether (sulfide) groups is 1. The molecule has 0 bridgehead atoms. The number of rotatable bonds is 11. The summed E-state index contributed by atoms with van der Waals surface area (Å²) in [5, 5.41) is 12.0. The lowest BCUT2D eigenvalue weighted by molar-refractivity contribution is -0.116. The Morgan fingerprint density at radius 1 is 1.03 bits per heavy atom. The molecule has 7 nitrogen and oxygen atoms in total. The van der Waals surface area contributed by atoms with E-state index in [1.54, 1.807) is 31.4 Å². The summed E-state index contributed by atoms with van der Waals surface area (Å²) in [5.41, 5.74) is 2.22. The van der Waals surface area contributed by atoms with E-state index in [1.165, 1.54) is 11.8 Å². The normalized spacial score (nSPS) is 10.7. The number of hydrogen-bond donors (Lipinski definition) is 1. The summed E-state index contributed by atoms with van der Waals surface area (Å²) < 4.78 is 7.06. The minimum absolute atomic E-state index is 0.00280. The van der Waals surface area contributed by atoms with Crippen LogP contribution in [0.15, 0.2) is 53.7 Å². The van der Waals surface area contributed by atoms with Gasteiger partial charge in [-0.3, -0.25) is 9.59 Å². The Hall–Kier alpha value is -3.13. The van der Waals surface area contributed by atoms with E-state index in [2.05, 4.69) is 22.4 Å². The first-order chi connectivity index (χ1) is 15.5. The topological polar surface area (TPSA) is 86.1 Å². The molecule has 1 aromatic heterocycles. The van der Waals surface area contributed by atoms with Crippen LogP contribution in [0.1, 0.15) is 43.0 Å². The van der Waals surface area contributed by atoms with Gasteiger partial charge in [-0.2, -0.15) is 0 Å². The number of aromatic nitrogens is 3. The zero-order valence-electron chi connectivity index (χ0n) is 18.6. The lowest BCUT2D eigenvalue weighted by Crippen LogP contribution is -2.11. The molecule has 0 aliphatic rings. The fourth-order valence-electron chi connectivity index (χ4n) is 3.14. The molecule has 32 heavy (non-hydrogen) atoms. The molecule has 1 heterocycles. The van der Waals surface area contributed by atoms with Gasteiger partial charge in [0, 0.05) is 30.3 Å². The van der Waals surface area contributed by atoms with Crippen molar-refractivity contribution in [3.05, 3.63) is 54.1 Å². The summed E-state index contributed by atoms with van der Waals surface area (Å²) in [5.74, 6) is 1.74. The van der Waals surface area contributed by atoms with Gasteiger partial charge in [0.05, 0.1) is 12.9 Å². The summed E-state index contributed by atoms with van der Waals surface area (Å²) >= 11 is 1.34. The van der Waals surface area contributed by atoms with Gasteiger partial charge in [0.25, 0.3) is 0 Å². The van der Waals surface area contributed by atoms with Gasteiger partial charge in [-0.25, -0.2) is 0 Å². The lowest BCUT2D eigenvalue weighted by Gasteiger charge is -2.07. The van der Waals surface area contributed by atoms with Crippen LogP contribution in [0, 0.1) is 0 Å². The molecule has 0 unspecified atom stereocenters. The number of Topliss-reactive ketones (excluding diaryl/α,β-unsaturated/α-hetero) is 1. The molecule has 0 spiro atoms. The second-order valence-electron chi connectivity index (χ2n) is 7.39. The van der Waals surface area contributed by atoms with Crippen LogP contribution in [0.4, 0.5) is 5.69 Å². The molecule has 0 saturated carbocycles. The fraction of sp³-hybridized carbons (Fsp3) is 0.333. The van der Waals surface area contributed by atoms with Gasteiger partial charge in [-0.1, -0.05) is 31.5 Å². The number of hydrogen-bond acceptors (Lipinski definition) is 6. The highest BCUT2D eigenvalue weighted by Gasteiger charge is 2.14. The molecule has 3 aromatic rings. The van der Waals surface area contributed by atoms with Gasteiger partial charge >= 0.3 is 0 Å². The average molecular weight is 453 g/mol. The molecule has 0 saturated heterocycles. The summed E-state index contributed by atoms with van der Waals surface area (Å²) in [6.07, 6.45) is 3.53. The number of nitrogens with zero attached hydrogens (tertiary/aromatic N) is 3. The van der Waals surface area contributed by atoms with E-state index in [0.29, 0.717) is 22.8 Å². The van der Waals surface area contributed by atoms with Crippen molar-refractivity contribution in [2.45, 2.75) is 37.8 Å². The molecule has 168 valence electrons. The van der Waals surface area contributed by atoms with E-state index in [4.69, 9.17) is 4.74 Å². The van der Waals surface area contributed by atoms with Crippen LogP contribution in [0.3, 0.4) is 0 Å². The van der Waals surface area contributed by atoms with E-state index in [0.717, 1.165) is 36.4 Å². The van der Waals surface area contributed by atoms with Gasteiger partial charge in [0.15, 0.2) is 16.8 Å². The van der Waals surface area contributed by atoms with E-state index in [-0.39, 0.29) is 17.4 Å². The highest BCUT2D eigenvalue weighted by Crippen LogP contribution is 2.25. The van der Waals surface area contributed by atoms with Crippen molar-refractivity contribution >= 4 is 29.1 Å². The molecule has 1 amide bonds. The molecule has 0 atom stereocenters. The first-order valence-corrected chi connectivity index (χ1v) is 11.6. The number of unbranched alkanes of at least 4 members (excludes halogenated alkanes) is 2. The standard InChI is InChI=1S/C24H28N4O3S/c1-4-5-6-7-22(30)25-19-12-8-17(9-13-19)21(29)16-32-24-27-26-23(28(24)2)18-10-14-20(31-3)15-11-18/h8-15H,4-7,16H2,1-3H3,(H,25,30). The van der Waals surface area contributed by atoms with E-state index in [9.17, 15) is 9.59 Å². The number of anilines is 1. The van der Waals surface area contributed by atoms with Crippen molar-refractivity contribution < 1.29 is 14.3 Å². The highest BCUT2D eigenvalue weighted by atomic mass is 32.2. The van der Waals surface area contributed by atoms with E-state index < -0.39 is 0 Å². The Morgan fingerprint density at radius 2 is 1.75 bits per heavy atom. The van der Waals surface area contributed by atoms with Gasteiger partial charge in [0.1, 0.15) is 5.75 Å². The Morgan fingerprint density at radius 3 is 2.41 bits per heavy atom. The predicted molar refractivity (Wildman–Crippen MR) is 127 cm³/mol. The van der Waals surface area contributed by atoms with Crippen molar-refractivity contribution in [2.75, 3.05) is 18.2 Å². The Kier molecular flexibility index (Phi) is 8.44. The van der Waals surface area contributed by atoms with Crippen LogP contribution in [0.5, 0.6) is 5.75 Å². The third-order valence-corrected chi connectivity index (χ3v) is 6.03. The summed E-state index contributed by atoms with van der Waals surface area (Å²) in [6, 6.07) is 14.6. The SMILES string of the molecule is CCCCCC(=O)Nc1ccc(C(=O)CSc2nnc(-c3ccc(OC)cc3)n2C)cc1. The van der Waals surface area contributed by atoms with E-state index in [1.807, 2.05) is 35.9 Å². The Bertz CT molecular complexity index is 1050. The first-order valence-electron chi connectivity index (χ1n) is 10.6. The molecular weight excluding hydrogens is 424 g/mol. The Balaban J connectivity index is 1.55. The maximum atomic E-state index is 12.6. The number of methoxy groups -OCH3 is 1. The molecule has 2 aromatic carbocycles. The summed E-state index contributed by atoms with van der Waals surface area (Å²) in [7, 11) is 3.51. The minimum Gasteiger partial charge on any atom is -0.497 e. The maximum absolute atomic E-state index is 12.6. The second kappa shape index (κ2) is 11.5. The molecule has 3 rings (SSSR count). The number of carbonyl (C=O) groups is 2. The van der Waals surface area contributed by atoms with Crippen molar-refractivity contribution in [1.82, 2.24) is 14.8 Å². The molecule has 8 heteroatoms. The molecule has 0 radical (unpaired) electrons. The second-order valence-corrected chi connectivity index (χ2v) is 8.33. The van der Waals surface area contributed by atoms with Crippen molar-refractivity contribution in [2.24, 2.45) is 7.05 Å². The molecule has 0 aliphatic carbocycles. The zero-order valence-corrected chi connectivity index (χ0v) is 19.4. The van der Waals surface area contributed by atoms with Crippen LogP contribution in [-0.4, -0.2) is 39.3 Å². The highest BCUT2D eigenvalue weighted by molar-refractivity contribution is 7.99. The van der Waals surface area contributed by atoms with Crippen LogP contribution in [0.2, 0.25) is 0 Å². The predicted octanol–water partition coefficient (Wildman–Crippen LogP) is 4.98. The van der Waals surface area contributed by atoms with Gasteiger partial charge < -0.3 is 14.6 Å². The first kappa shape index (κ1) is 23.5. The quantitative estimate of drug-likeness (QED) is 0.251. The van der Waals surface area contributed by atoms with Crippen LogP contribution in [0.25, 0.3) is 11.4 Å². The van der Waals surface area contributed by atoms with Gasteiger partial charge in [-0.15, -0.1) is 10.2 Å². The largest absolute Gasteiger partial charge is 0.497 e. The maximum Gasteiger partial charge on any atom is 0.224 e. The molecule has 0 aliphatic heterocycles. The fourth-order valence-corrected chi connectivity index (χ4v) is 3.95. The number of amides is 1. The third-order valence-electron chi connectivity index (χ3n) is 5.01. The average Bonchev–Trinajstić information content (AvgIpc) is 3.18. The monoisotopic (exact) mass is 452 g/mol. The third kappa shape index (κ3) is 6.20. The van der Waals surface area contributed by atoms with Crippen LogP contribution in [-0.2, 0) is 11.8 Å². The number of ketones is 1. The smallest absolute Gasteiger partial charge is 0.224 e. The van der Waals surface area contributed by atoms with Crippen LogP contribution < -0.4 is 10.1 Å². The summed E-state index contributed by atoms with van der Waals surface area (Å²) in [6.45, 7) is 2.11. The van der Waals surface area contributed by atoms with Crippen molar-refractivity contribution in [3.63, 3.8) is 0 Å². The Labute approximate surface area is 192 Å². The van der Waals surface area contributed by atoms with Crippen molar-refractivity contribution in [3.8, 4) is 17.1 Å². The molecular formula is C24H28N4O3S. The number of nitrogens with one attached hydrogen (secondary N) is 1. The van der Waals surface area contributed by atoms with E-state index >= 15 is 0 Å². The number of ether oxygens (including phenoxy) is 1.